The first kappa shape index (κ1) is 25.4. The lowest BCUT2D eigenvalue weighted by atomic mass is 9.95. The van der Waals surface area contributed by atoms with Gasteiger partial charge in [0, 0.05) is 12.1 Å². The molecule has 0 amide bonds. The van der Waals surface area contributed by atoms with E-state index in [4.69, 9.17) is 0 Å². The van der Waals surface area contributed by atoms with Gasteiger partial charge in [0.1, 0.15) is 40.7 Å². The zero-order valence-corrected chi connectivity index (χ0v) is 18.4. The van der Waals surface area contributed by atoms with Crippen molar-refractivity contribution >= 4 is 18.6 Å². The van der Waals surface area contributed by atoms with Gasteiger partial charge in [0.15, 0.2) is 23.7 Å². The Bertz CT molecular complexity index is 1040. The van der Waals surface area contributed by atoms with E-state index in [9.17, 15) is 43.9 Å². The maximum absolute atomic E-state index is 14.9. The molecule has 0 spiro atoms. The molecule has 3 rings (SSSR count). The summed E-state index contributed by atoms with van der Waals surface area (Å²) in [7, 11) is 1.02. The monoisotopic (exact) mass is 500 g/mol. The van der Waals surface area contributed by atoms with Gasteiger partial charge in [0.2, 0.25) is 0 Å². The van der Waals surface area contributed by atoms with Crippen molar-refractivity contribution in [3.05, 3.63) is 68.1 Å². The molecule has 2 aliphatic carbocycles. The highest BCUT2D eigenvalue weighted by atomic mass is 27.2. The zero-order valence-electron chi connectivity index (χ0n) is 17.2. The minimum absolute atomic E-state index is 0.0511. The van der Waals surface area contributed by atoms with Crippen LogP contribution in [0.3, 0.4) is 0 Å². The van der Waals surface area contributed by atoms with Crippen molar-refractivity contribution in [2.45, 2.75) is 37.5 Å². The van der Waals surface area contributed by atoms with Crippen LogP contribution in [0.2, 0.25) is 0 Å². The van der Waals surface area contributed by atoms with E-state index in [-0.39, 0.29) is 12.2 Å². The third-order valence-electron chi connectivity index (χ3n) is 5.44. The molecule has 12 heteroatoms. The zero-order chi connectivity index (χ0) is 25.0. The van der Waals surface area contributed by atoms with Crippen LogP contribution in [0.25, 0.3) is 0 Å². The fourth-order valence-corrected chi connectivity index (χ4v) is 6.88. The van der Waals surface area contributed by atoms with Crippen LogP contribution >= 0.6 is 0 Å². The Kier molecular flexibility index (Phi) is 6.59. The summed E-state index contributed by atoms with van der Waals surface area (Å²) in [6.45, 7) is 0.928. The van der Waals surface area contributed by atoms with Crippen LogP contribution in [0.4, 0.5) is 43.9 Å². The van der Waals surface area contributed by atoms with Crippen LogP contribution in [0.5, 0.6) is 5.75 Å². The minimum Gasteiger partial charge on any atom is -0.497 e. The molecular formula is C21H15AlF10O. The van der Waals surface area contributed by atoms with Crippen molar-refractivity contribution in [1.82, 2.24) is 0 Å². The molecule has 33 heavy (non-hydrogen) atoms. The van der Waals surface area contributed by atoms with E-state index >= 15 is 0 Å². The Hall–Kier alpha value is -2.19. The molecule has 0 aromatic heterocycles. The molecule has 178 valence electrons. The Morgan fingerprint density at radius 1 is 0.758 bits per heavy atom. The second kappa shape index (κ2) is 8.55. The van der Waals surface area contributed by atoms with Crippen LogP contribution < -0.4 is 9.16 Å². The summed E-state index contributed by atoms with van der Waals surface area (Å²) in [5.41, 5.74) is -6.47. The Morgan fingerprint density at radius 2 is 1.12 bits per heavy atom. The molecule has 0 saturated carbocycles. The van der Waals surface area contributed by atoms with Gasteiger partial charge >= 0.3 is 14.1 Å². The number of hydrogen-bond acceptors (Lipinski definition) is 1. The number of benzene rings is 1. The summed E-state index contributed by atoms with van der Waals surface area (Å²) < 4.78 is 147. The largest absolute Gasteiger partial charge is 0.497 e. The first-order valence-electron chi connectivity index (χ1n) is 9.39. The predicted molar refractivity (Wildman–Crippen MR) is 102 cm³/mol. The molecule has 1 aromatic carbocycles. The van der Waals surface area contributed by atoms with E-state index in [0.29, 0.717) is 26.0 Å². The van der Waals surface area contributed by atoms with Crippen molar-refractivity contribution in [3.8, 4) is 5.75 Å². The molecule has 1 nitrogen and oxygen atoms in total. The Morgan fingerprint density at radius 3 is 1.45 bits per heavy atom. The van der Waals surface area contributed by atoms with Crippen LogP contribution in [0.1, 0.15) is 13.8 Å². The summed E-state index contributed by atoms with van der Waals surface area (Å²) in [5.74, 6) is -11.8. The molecule has 2 aliphatic rings. The third kappa shape index (κ3) is 4.23. The van der Waals surface area contributed by atoms with E-state index in [0.717, 1.165) is 7.11 Å². The summed E-state index contributed by atoms with van der Waals surface area (Å²) in [4.78, 5) is 0. The maximum atomic E-state index is 14.9. The SMILES string of the molecule is COc1cc(F)[c]([Al]([C]2=C(F)C(F)C(C)(F)C=C2F)[C]2=C(F)C(F)C(C)(F)C=C2F)c(F)c1. The first-order valence-corrected chi connectivity index (χ1v) is 11.1. The molecule has 1 aromatic rings. The topological polar surface area (TPSA) is 9.23 Å². The Balaban J connectivity index is 2.41. The van der Waals surface area contributed by atoms with Gasteiger partial charge in [0.25, 0.3) is 0 Å². The second-order valence-electron chi connectivity index (χ2n) is 7.97. The van der Waals surface area contributed by atoms with Crippen LogP contribution in [-0.2, 0) is 0 Å². The highest BCUT2D eigenvalue weighted by Crippen LogP contribution is 2.45. The van der Waals surface area contributed by atoms with Gasteiger partial charge in [-0.25, -0.2) is 43.9 Å². The lowest BCUT2D eigenvalue weighted by Gasteiger charge is -2.32. The van der Waals surface area contributed by atoms with Crippen LogP contribution in [0, 0.1) is 11.6 Å². The summed E-state index contributed by atoms with van der Waals surface area (Å²) in [6.07, 6.45) is -6.49. The van der Waals surface area contributed by atoms with Crippen molar-refractivity contribution < 1.29 is 48.6 Å². The van der Waals surface area contributed by atoms with Crippen LogP contribution in [0.15, 0.2) is 56.5 Å². The normalized spacial score (nSPS) is 30.3. The van der Waals surface area contributed by atoms with Gasteiger partial charge in [-0.15, -0.1) is 0 Å². The van der Waals surface area contributed by atoms with E-state index in [1.807, 2.05) is 0 Å². The molecular weight excluding hydrogens is 485 g/mol. The molecule has 0 heterocycles. The fourth-order valence-electron chi connectivity index (χ4n) is 3.73. The minimum atomic E-state index is -4.79. The molecule has 0 aliphatic heterocycles. The highest BCUT2D eigenvalue weighted by molar-refractivity contribution is 6.87. The molecule has 0 radical (unpaired) electrons. The number of allylic oxidation sites excluding steroid dienone is 8. The number of rotatable bonds is 4. The second-order valence-corrected chi connectivity index (χ2v) is 10.6. The standard InChI is InChI=1S/2C7H5F4.C7H5F2O.Al/c2*1-7(11)3-4(8)2-5(9)6(7)10;1-10-7-3-5(8)2-6(9)4-7;/h2*3,6H,1H3;3-4H,1H3;. The van der Waals surface area contributed by atoms with Gasteiger partial charge in [-0.1, -0.05) is 0 Å². The molecule has 4 unspecified atom stereocenters. The maximum Gasteiger partial charge on any atom is 0.411 e. The average molecular weight is 500 g/mol. The van der Waals surface area contributed by atoms with Crippen molar-refractivity contribution in [2.75, 3.05) is 7.11 Å². The number of halogens is 10. The van der Waals surface area contributed by atoms with E-state index in [1.165, 1.54) is 0 Å². The van der Waals surface area contributed by atoms with Crippen molar-refractivity contribution in [1.29, 1.82) is 0 Å². The number of ether oxygens (including phenoxy) is 1. The lowest BCUT2D eigenvalue weighted by molar-refractivity contribution is 0.113. The first-order chi connectivity index (χ1) is 15.1. The van der Waals surface area contributed by atoms with Gasteiger partial charge in [-0.2, -0.15) is 0 Å². The molecule has 0 fully saturated rings. The van der Waals surface area contributed by atoms with Gasteiger partial charge in [0.05, 0.1) is 7.11 Å². The smallest absolute Gasteiger partial charge is 0.411 e. The third-order valence-corrected chi connectivity index (χ3v) is 8.82. The number of alkyl halides is 4. The highest BCUT2D eigenvalue weighted by Gasteiger charge is 2.53. The summed E-state index contributed by atoms with van der Waals surface area (Å²) >= 11 is -4.79. The molecule has 0 saturated heterocycles. The molecule has 4 atom stereocenters. The van der Waals surface area contributed by atoms with Crippen molar-refractivity contribution in [2.24, 2.45) is 0 Å². The van der Waals surface area contributed by atoms with Crippen molar-refractivity contribution in [3.63, 3.8) is 0 Å². The predicted octanol–water partition coefficient (Wildman–Crippen LogP) is 6.07. The molecule has 0 N–H and O–H groups in total. The molecule has 0 bridgehead atoms. The van der Waals surface area contributed by atoms with Crippen LogP contribution in [-0.4, -0.2) is 44.9 Å². The van der Waals surface area contributed by atoms with E-state index in [2.05, 4.69) is 4.74 Å². The summed E-state index contributed by atoms with van der Waals surface area (Å²) in [6, 6.07) is 1.03. The number of hydrogen-bond donors (Lipinski definition) is 0. The fraction of sp³-hybridized carbons (Fsp3) is 0.333. The van der Waals surface area contributed by atoms with E-state index in [1.54, 1.807) is 0 Å². The quantitative estimate of drug-likeness (QED) is 0.361. The number of methoxy groups -OCH3 is 1. The van der Waals surface area contributed by atoms with Gasteiger partial charge in [-0.05, 0) is 39.3 Å². The Labute approximate surface area is 186 Å². The summed E-state index contributed by atoms with van der Waals surface area (Å²) in [5, 5.41) is 0. The lowest BCUT2D eigenvalue weighted by Crippen LogP contribution is -2.47. The average Bonchev–Trinajstić information content (AvgIpc) is 2.69. The van der Waals surface area contributed by atoms with Gasteiger partial charge in [-0.3, -0.25) is 0 Å². The van der Waals surface area contributed by atoms with E-state index < -0.39 is 91.8 Å². The van der Waals surface area contributed by atoms with Gasteiger partial charge < -0.3 is 4.74 Å².